The molecule has 0 saturated carbocycles. The van der Waals surface area contributed by atoms with Crippen molar-refractivity contribution in [2.75, 3.05) is 5.32 Å². The lowest BCUT2D eigenvalue weighted by atomic mass is 9.88. The van der Waals surface area contributed by atoms with Gasteiger partial charge in [0.25, 0.3) is 5.91 Å². The largest absolute Gasteiger partial charge is 0.444 e. The number of hydrogen-bond acceptors (Lipinski definition) is 4. The van der Waals surface area contributed by atoms with E-state index < -0.39 is 29.3 Å². The molecular weight excluding hydrogens is 538 g/mol. The lowest BCUT2D eigenvalue weighted by Crippen LogP contribution is -2.60. The summed E-state index contributed by atoms with van der Waals surface area (Å²) >= 11 is 6.50. The van der Waals surface area contributed by atoms with E-state index in [-0.39, 0.29) is 17.7 Å². The summed E-state index contributed by atoms with van der Waals surface area (Å²) in [6.45, 7) is 20.8. The van der Waals surface area contributed by atoms with Crippen LogP contribution in [0.15, 0.2) is 36.4 Å². The number of hydrogen-bond donors (Lipinski definition) is 2. The van der Waals surface area contributed by atoms with Gasteiger partial charge in [0, 0.05) is 5.54 Å². The summed E-state index contributed by atoms with van der Waals surface area (Å²) in [5.41, 5.74) is 2.36. The van der Waals surface area contributed by atoms with E-state index in [0.717, 1.165) is 16.7 Å². The Hall–Kier alpha value is -3.06. The van der Waals surface area contributed by atoms with Gasteiger partial charge in [-0.1, -0.05) is 74.7 Å². The molecule has 8 heteroatoms. The van der Waals surface area contributed by atoms with Crippen molar-refractivity contribution < 1.29 is 19.1 Å². The van der Waals surface area contributed by atoms with Crippen molar-refractivity contribution >= 4 is 35.2 Å². The minimum absolute atomic E-state index is 0.224. The number of halogens is 1. The van der Waals surface area contributed by atoms with Gasteiger partial charge in [-0.25, -0.2) is 4.79 Å². The molecule has 41 heavy (non-hydrogen) atoms. The van der Waals surface area contributed by atoms with Gasteiger partial charge in [0.15, 0.2) is 0 Å². The molecule has 0 aliphatic heterocycles. The van der Waals surface area contributed by atoms with Crippen LogP contribution >= 0.6 is 11.6 Å². The molecule has 0 aromatic heterocycles. The lowest BCUT2D eigenvalue weighted by Gasteiger charge is -2.45. The smallest absolute Gasteiger partial charge is 0.408 e. The van der Waals surface area contributed by atoms with Crippen LogP contribution in [0.25, 0.3) is 0 Å². The third kappa shape index (κ3) is 8.71. The van der Waals surface area contributed by atoms with Crippen molar-refractivity contribution in [1.29, 1.82) is 0 Å². The van der Waals surface area contributed by atoms with Crippen molar-refractivity contribution in [2.45, 2.75) is 112 Å². The molecule has 0 aliphatic carbocycles. The van der Waals surface area contributed by atoms with E-state index in [1.54, 1.807) is 31.7 Å². The number of anilines is 1. The zero-order valence-corrected chi connectivity index (χ0v) is 27.3. The zero-order chi connectivity index (χ0) is 31.3. The van der Waals surface area contributed by atoms with E-state index in [1.807, 2.05) is 85.7 Å². The summed E-state index contributed by atoms with van der Waals surface area (Å²) in [7, 11) is 0. The Morgan fingerprint density at radius 3 is 2.15 bits per heavy atom. The molecule has 3 amide bonds. The van der Waals surface area contributed by atoms with Gasteiger partial charge in [0.05, 0.1) is 10.7 Å². The van der Waals surface area contributed by atoms with Crippen molar-refractivity contribution in [3.63, 3.8) is 0 Å². The molecular formula is C33H48ClN3O4. The van der Waals surface area contributed by atoms with Crippen LogP contribution in [-0.4, -0.2) is 40.0 Å². The highest BCUT2D eigenvalue weighted by molar-refractivity contribution is 6.34. The second-order valence-electron chi connectivity index (χ2n) is 12.6. The number of carbonyl (C=O) groups excluding carboxylic acids is 3. The number of benzene rings is 2. The average Bonchev–Trinajstić information content (AvgIpc) is 2.87. The minimum atomic E-state index is -1.000. The highest BCUT2D eigenvalue weighted by Gasteiger charge is 2.44. The number of rotatable bonds is 10. The third-order valence-electron chi connectivity index (χ3n) is 7.61. The molecule has 226 valence electrons. The Kier molecular flexibility index (Phi) is 11.4. The maximum Gasteiger partial charge on any atom is 0.408 e. The zero-order valence-electron chi connectivity index (χ0n) is 26.6. The van der Waals surface area contributed by atoms with Gasteiger partial charge < -0.3 is 20.3 Å². The molecule has 2 N–H and O–H groups in total. The number of nitrogens with zero attached hydrogens (tertiary/aromatic N) is 1. The SMILES string of the molecule is CCC(C)C(NC(=O)OC(C)(C)C)C(=O)N(C(C(=O)Nc1c(C)cccc1Cl)c1cc(C)ccc1C)C(C)(C)CC. The van der Waals surface area contributed by atoms with E-state index in [1.165, 1.54) is 0 Å². The number of nitrogens with one attached hydrogen (secondary N) is 2. The van der Waals surface area contributed by atoms with Gasteiger partial charge in [-0.15, -0.1) is 0 Å². The first-order valence-corrected chi connectivity index (χ1v) is 14.8. The van der Waals surface area contributed by atoms with Crippen molar-refractivity contribution in [1.82, 2.24) is 10.2 Å². The number of alkyl carbamates (subject to hydrolysis) is 1. The Morgan fingerprint density at radius 2 is 1.61 bits per heavy atom. The number of para-hydroxylation sites is 1. The van der Waals surface area contributed by atoms with Crippen molar-refractivity contribution in [3.8, 4) is 0 Å². The van der Waals surface area contributed by atoms with Gasteiger partial charge >= 0.3 is 6.09 Å². The highest BCUT2D eigenvalue weighted by Crippen LogP contribution is 2.36. The van der Waals surface area contributed by atoms with Crippen LogP contribution in [0.3, 0.4) is 0 Å². The Morgan fingerprint density at radius 1 is 0.976 bits per heavy atom. The van der Waals surface area contributed by atoms with E-state index in [0.29, 0.717) is 29.1 Å². The monoisotopic (exact) mass is 585 g/mol. The number of amides is 3. The van der Waals surface area contributed by atoms with Crippen LogP contribution < -0.4 is 10.6 Å². The van der Waals surface area contributed by atoms with Gasteiger partial charge in [-0.2, -0.15) is 0 Å². The Labute approximate surface area is 251 Å². The van der Waals surface area contributed by atoms with Gasteiger partial charge in [0.1, 0.15) is 17.7 Å². The minimum Gasteiger partial charge on any atom is -0.444 e. The number of aryl methyl sites for hydroxylation is 3. The first-order chi connectivity index (χ1) is 18.9. The van der Waals surface area contributed by atoms with Gasteiger partial charge in [0.2, 0.25) is 5.91 Å². The van der Waals surface area contributed by atoms with Gasteiger partial charge in [-0.3, -0.25) is 9.59 Å². The molecule has 0 spiro atoms. The summed E-state index contributed by atoms with van der Waals surface area (Å²) in [6, 6.07) is 9.39. The predicted molar refractivity (Wildman–Crippen MR) is 167 cm³/mol. The average molecular weight is 586 g/mol. The maximum atomic E-state index is 14.7. The summed E-state index contributed by atoms with van der Waals surface area (Å²) in [6.07, 6.45) is 0.522. The fourth-order valence-corrected chi connectivity index (χ4v) is 4.92. The summed E-state index contributed by atoms with van der Waals surface area (Å²) < 4.78 is 5.52. The second kappa shape index (κ2) is 13.7. The molecule has 0 saturated heterocycles. The molecule has 0 aliphatic rings. The lowest BCUT2D eigenvalue weighted by molar-refractivity contribution is -0.148. The molecule has 7 nitrogen and oxygen atoms in total. The Balaban J connectivity index is 2.77. The van der Waals surface area contributed by atoms with Crippen molar-refractivity contribution in [2.24, 2.45) is 5.92 Å². The van der Waals surface area contributed by atoms with Crippen molar-refractivity contribution in [3.05, 3.63) is 63.7 Å². The standard InChI is InChI=1S/C33H48ClN3O4/c1-12-21(4)27(36-31(40)41-32(7,8)9)30(39)37(33(10,11)13-2)28(24-19-20(3)17-18-22(24)5)29(38)35-26-23(6)15-14-16-25(26)34/h14-19,21,27-28H,12-13H2,1-11H3,(H,35,38)(H,36,40). The molecule has 2 rings (SSSR count). The summed E-state index contributed by atoms with van der Waals surface area (Å²) in [4.78, 5) is 43.7. The second-order valence-corrected chi connectivity index (χ2v) is 13.0. The fourth-order valence-electron chi connectivity index (χ4n) is 4.65. The van der Waals surface area contributed by atoms with Crippen LogP contribution in [0, 0.1) is 26.7 Å². The van der Waals surface area contributed by atoms with E-state index in [4.69, 9.17) is 16.3 Å². The first-order valence-electron chi connectivity index (χ1n) is 14.4. The van der Waals surface area contributed by atoms with E-state index in [2.05, 4.69) is 10.6 Å². The summed E-state index contributed by atoms with van der Waals surface area (Å²) in [5.74, 6) is -0.961. The number of carbonyl (C=O) groups is 3. The topological polar surface area (TPSA) is 87.7 Å². The Bertz CT molecular complexity index is 1230. The van der Waals surface area contributed by atoms with E-state index >= 15 is 0 Å². The predicted octanol–water partition coefficient (Wildman–Crippen LogP) is 7.90. The molecule has 0 heterocycles. The molecule has 2 aromatic carbocycles. The quantitative estimate of drug-likeness (QED) is 0.296. The van der Waals surface area contributed by atoms with Crippen LogP contribution in [-0.2, 0) is 14.3 Å². The van der Waals surface area contributed by atoms with Crippen LogP contribution in [0.4, 0.5) is 10.5 Å². The molecule has 2 aromatic rings. The van der Waals surface area contributed by atoms with Crippen LogP contribution in [0.5, 0.6) is 0 Å². The number of ether oxygens (including phenoxy) is 1. The van der Waals surface area contributed by atoms with Crippen LogP contribution in [0.1, 0.15) is 96.5 Å². The maximum absolute atomic E-state index is 14.7. The molecule has 3 unspecified atom stereocenters. The van der Waals surface area contributed by atoms with E-state index in [9.17, 15) is 14.4 Å². The molecule has 3 atom stereocenters. The van der Waals surface area contributed by atoms with Crippen LogP contribution in [0.2, 0.25) is 5.02 Å². The highest BCUT2D eigenvalue weighted by atomic mass is 35.5. The fraction of sp³-hybridized carbons (Fsp3) is 0.545. The molecule has 0 radical (unpaired) electrons. The normalized spacial score (nSPS) is 14.0. The molecule has 0 bridgehead atoms. The molecule has 0 fully saturated rings. The first kappa shape index (κ1) is 34.1. The van der Waals surface area contributed by atoms with Gasteiger partial charge in [-0.05, 0) is 90.5 Å². The third-order valence-corrected chi connectivity index (χ3v) is 7.93. The summed E-state index contributed by atoms with van der Waals surface area (Å²) in [5, 5.41) is 6.28.